The molecule has 4 rings (SSSR count). The highest BCUT2D eigenvalue weighted by molar-refractivity contribution is 5.93. The predicted molar refractivity (Wildman–Crippen MR) is 158 cm³/mol. The number of unbranched alkanes of at least 4 members (excludes halogenated alkanes) is 1. The second-order valence-electron chi connectivity index (χ2n) is 11.8. The van der Waals surface area contributed by atoms with E-state index in [-0.39, 0.29) is 18.5 Å². The van der Waals surface area contributed by atoms with Gasteiger partial charge in [-0.25, -0.2) is 9.78 Å². The van der Waals surface area contributed by atoms with Crippen LogP contribution in [0, 0.1) is 5.41 Å². The average molecular weight is 550 g/mol. The van der Waals surface area contributed by atoms with Gasteiger partial charge >= 0.3 is 6.03 Å². The Kier molecular flexibility index (Phi) is 9.22. The fraction of sp³-hybridized carbons (Fsp3) is 0.516. The second-order valence-corrected chi connectivity index (χ2v) is 11.8. The van der Waals surface area contributed by atoms with Gasteiger partial charge in [-0.1, -0.05) is 20.8 Å². The highest BCUT2D eigenvalue weighted by Gasteiger charge is 2.28. The van der Waals surface area contributed by atoms with Crippen LogP contribution in [0.1, 0.15) is 52.0 Å². The lowest BCUT2D eigenvalue weighted by Gasteiger charge is -2.36. The third-order valence-corrected chi connectivity index (χ3v) is 7.27. The lowest BCUT2D eigenvalue weighted by Crippen LogP contribution is -2.49. The van der Waals surface area contributed by atoms with Gasteiger partial charge in [-0.15, -0.1) is 0 Å². The summed E-state index contributed by atoms with van der Waals surface area (Å²) in [7, 11) is 5.12. The lowest BCUT2D eigenvalue weighted by molar-refractivity contribution is -0.129. The number of aromatic nitrogens is 2. The Bertz CT molecular complexity index is 1330. The standard InChI is InChI=1S/C31H43N5O4/c1-31(2,3)14-7-8-19-40-27-20-24(10-11-26(27)39-6)36-17-9-16-35(30(36)38)21-23-12-15-32-29-25(23)13-18-34(29)22-28(37)33(4)5/h10-13,15,18,20H,7-9,14,16-17,19,21-22H2,1-6H3. The molecule has 0 radical (unpaired) electrons. The number of carbonyl (C=O) groups excluding carboxylic acids is 2. The predicted octanol–water partition coefficient (Wildman–Crippen LogP) is 5.56. The average Bonchev–Trinajstić information content (AvgIpc) is 3.32. The molecule has 9 nitrogen and oxygen atoms in total. The van der Waals surface area contributed by atoms with E-state index in [1.165, 1.54) is 0 Å². The topological polar surface area (TPSA) is 80.1 Å². The lowest BCUT2D eigenvalue weighted by atomic mass is 9.90. The number of carbonyl (C=O) groups is 2. The van der Waals surface area contributed by atoms with Crippen molar-refractivity contribution in [3.05, 3.63) is 48.3 Å². The van der Waals surface area contributed by atoms with E-state index in [1.807, 2.05) is 50.9 Å². The van der Waals surface area contributed by atoms with Crippen molar-refractivity contribution in [1.29, 1.82) is 0 Å². The minimum absolute atomic E-state index is 0.000647. The molecule has 1 fully saturated rings. The van der Waals surface area contributed by atoms with Gasteiger partial charge in [0.05, 0.1) is 13.7 Å². The number of amides is 3. The maximum Gasteiger partial charge on any atom is 0.324 e. The van der Waals surface area contributed by atoms with Crippen molar-refractivity contribution in [2.45, 2.75) is 59.5 Å². The molecule has 0 bridgehead atoms. The Morgan fingerprint density at radius 1 is 1.07 bits per heavy atom. The van der Waals surface area contributed by atoms with Crippen molar-refractivity contribution in [1.82, 2.24) is 19.4 Å². The number of hydrogen-bond donors (Lipinski definition) is 0. The maximum absolute atomic E-state index is 13.7. The van der Waals surface area contributed by atoms with Crippen LogP contribution in [0.3, 0.4) is 0 Å². The second kappa shape index (κ2) is 12.6. The third-order valence-electron chi connectivity index (χ3n) is 7.27. The Morgan fingerprint density at radius 3 is 2.60 bits per heavy atom. The van der Waals surface area contributed by atoms with E-state index in [0.29, 0.717) is 43.2 Å². The van der Waals surface area contributed by atoms with Crippen LogP contribution in [0.15, 0.2) is 42.7 Å². The van der Waals surface area contributed by atoms with Gasteiger partial charge in [0, 0.05) is 63.3 Å². The van der Waals surface area contributed by atoms with Crippen molar-refractivity contribution in [3.63, 3.8) is 0 Å². The molecule has 0 N–H and O–H groups in total. The first-order valence-electron chi connectivity index (χ1n) is 14.1. The summed E-state index contributed by atoms with van der Waals surface area (Å²) >= 11 is 0. The first kappa shape index (κ1) is 29.2. The van der Waals surface area contributed by atoms with Crippen LogP contribution in [0.25, 0.3) is 11.0 Å². The minimum atomic E-state index is -0.0419. The summed E-state index contributed by atoms with van der Waals surface area (Å²) in [6.45, 7) is 9.36. The van der Waals surface area contributed by atoms with E-state index < -0.39 is 0 Å². The number of nitrogens with zero attached hydrogens (tertiary/aromatic N) is 5. The molecule has 216 valence electrons. The fourth-order valence-corrected chi connectivity index (χ4v) is 4.96. The number of pyridine rings is 1. The monoisotopic (exact) mass is 549 g/mol. The first-order chi connectivity index (χ1) is 19.1. The Morgan fingerprint density at radius 2 is 1.88 bits per heavy atom. The van der Waals surface area contributed by atoms with Crippen LogP contribution in [0.5, 0.6) is 11.5 Å². The van der Waals surface area contributed by atoms with E-state index in [4.69, 9.17) is 9.47 Å². The molecule has 40 heavy (non-hydrogen) atoms. The molecule has 0 atom stereocenters. The van der Waals surface area contributed by atoms with Crippen LogP contribution in [-0.4, -0.2) is 72.2 Å². The first-order valence-corrected chi connectivity index (χ1v) is 14.1. The van der Waals surface area contributed by atoms with E-state index in [1.54, 1.807) is 32.3 Å². The Balaban J connectivity index is 1.46. The smallest absolute Gasteiger partial charge is 0.324 e. The number of anilines is 1. The fourth-order valence-electron chi connectivity index (χ4n) is 4.96. The maximum atomic E-state index is 13.7. The third kappa shape index (κ3) is 7.06. The van der Waals surface area contributed by atoms with Crippen molar-refractivity contribution in [3.8, 4) is 11.5 Å². The molecule has 9 heteroatoms. The van der Waals surface area contributed by atoms with Gasteiger partial charge in [0.15, 0.2) is 11.5 Å². The van der Waals surface area contributed by atoms with Crippen molar-refractivity contribution < 1.29 is 19.1 Å². The number of likely N-dealkylation sites (N-methyl/N-ethyl adjacent to an activating group) is 1. The quantitative estimate of drug-likeness (QED) is 0.293. The summed E-state index contributed by atoms with van der Waals surface area (Å²) in [5, 5.41) is 0.950. The summed E-state index contributed by atoms with van der Waals surface area (Å²) in [6.07, 6.45) is 7.70. The molecule has 0 saturated carbocycles. The number of rotatable bonds is 11. The Labute approximate surface area is 237 Å². The molecule has 3 aromatic rings. The molecule has 0 aliphatic carbocycles. The zero-order valence-corrected chi connectivity index (χ0v) is 24.8. The molecule has 2 aromatic heterocycles. The van der Waals surface area contributed by atoms with Gasteiger partial charge in [0.25, 0.3) is 0 Å². The van der Waals surface area contributed by atoms with E-state index in [0.717, 1.165) is 48.0 Å². The summed E-state index contributed by atoms with van der Waals surface area (Å²) < 4.78 is 13.5. The molecule has 0 unspecified atom stereocenters. The van der Waals surface area contributed by atoms with Gasteiger partial charge in [0.1, 0.15) is 12.2 Å². The number of urea groups is 1. The van der Waals surface area contributed by atoms with E-state index >= 15 is 0 Å². The number of hydrogen-bond acceptors (Lipinski definition) is 5. The molecular weight excluding hydrogens is 506 g/mol. The number of fused-ring (bicyclic) bond motifs is 1. The van der Waals surface area contributed by atoms with Gasteiger partial charge in [0.2, 0.25) is 5.91 Å². The SMILES string of the molecule is COc1ccc(N2CCCN(Cc3ccnc4c3ccn4CC(=O)N(C)C)C2=O)cc1OCCCCC(C)(C)C. The summed E-state index contributed by atoms with van der Waals surface area (Å²) in [6, 6.07) is 9.58. The summed E-state index contributed by atoms with van der Waals surface area (Å²) in [5.74, 6) is 1.32. The zero-order chi connectivity index (χ0) is 28.9. The van der Waals surface area contributed by atoms with Crippen LogP contribution in [0.2, 0.25) is 0 Å². The summed E-state index contributed by atoms with van der Waals surface area (Å²) in [5.41, 5.74) is 2.86. The van der Waals surface area contributed by atoms with Gasteiger partial charge in [-0.2, -0.15) is 0 Å². The van der Waals surface area contributed by atoms with Crippen molar-refractivity contribution in [2.24, 2.45) is 5.41 Å². The van der Waals surface area contributed by atoms with Crippen LogP contribution in [0.4, 0.5) is 10.5 Å². The van der Waals surface area contributed by atoms with Gasteiger partial charge in [-0.05, 0) is 60.9 Å². The van der Waals surface area contributed by atoms with Crippen LogP contribution in [-0.2, 0) is 17.9 Å². The van der Waals surface area contributed by atoms with E-state index in [9.17, 15) is 9.59 Å². The van der Waals surface area contributed by atoms with E-state index in [2.05, 4.69) is 25.8 Å². The largest absolute Gasteiger partial charge is 0.493 e. The molecule has 3 heterocycles. The van der Waals surface area contributed by atoms with Crippen LogP contribution >= 0.6 is 0 Å². The number of ether oxygens (including phenoxy) is 2. The molecule has 1 aliphatic heterocycles. The van der Waals surface area contributed by atoms with Crippen molar-refractivity contribution in [2.75, 3.05) is 45.8 Å². The molecule has 1 aliphatic rings. The number of methoxy groups -OCH3 is 1. The summed E-state index contributed by atoms with van der Waals surface area (Å²) in [4.78, 5) is 35.7. The van der Waals surface area contributed by atoms with Crippen LogP contribution < -0.4 is 14.4 Å². The Hall–Kier alpha value is -3.75. The minimum Gasteiger partial charge on any atom is -0.493 e. The van der Waals surface area contributed by atoms with Crippen molar-refractivity contribution >= 4 is 28.7 Å². The molecule has 1 saturated heterocycles. The van der Waals surface area contributed by atoms with Gasteiger partial charge in [-0.3, -0.25) is 9.69 Å². The molecular formula is C31H43N5O4. The zero-order valence-electron chi connectivity index (χ0n) is 24.8. The molecule has 1 aromatic carbocycles. The van der Waals surface area contributed by atoms with Gasteiger partial charge < -0.3 is 23.8 Å². The number of benzene rings is 1. The molecule has 3 amide bonds. The highest BCUT2D eigenvalue weighted by Crippen LogP contribution is 2.34. The highest BCUT2D eigenvalue weighted by atomic mass is 16.5. The normalized spacial score (nSPS) is 14.1. The molecule has 0 spiro atoms.